The maximum Gasteiger partial charge on any atom is 0.420 e. The molecule has 182 valence electrons. The van der Waals surface area contributed by atoms with Crippen molar-refractivity contribution in [3.63, 3.8) is 0 Å². The summed E-state index contributed by atoms with van der Waals surface area (Å²) < 4.78 is 12.2. The predicted octanol–water partition coefficient (Wildman–Crippen LogP) is 3.34. The topological polar surface area (TPSA) is 140 Å². The molecule has 2 heterocycles. The summed E-state index contributed by atoms with van der Waals surface area (Å²) in [6.07, 6.45) is -3.55. The molecule has 2 aromatic rings. The third-order valence-corrected chi connectivity index (χ3v) is 5.27. The summed E-state index contributed by atoms with van der Waals surface area (Å²) in [7, 11) is 0. The van der Waals surface area contributed by atoms with E-state index in [1.165, 1.54) is 10.9 Å². The molecule has 11 nitrogen and oxygen atoms in total. The van der Waals surface area contributed by atoms with Gasteiger partial charge in [0.2, 0.25) is 5.28 Å². The molecule has 0 radical (unpaired) electrons. The Morgan fingerprint density at radius 3 is 2.09 bits per heavy atom. The minimum Gasteiger partial charge on any atom is -0.443 e. The van der Waals surface area contributed by atoms with Crippen molar-refractivity contribution in [2.75, 3.05) is 0 Å². The highest BCUT2D eigenvalue weighted by Gasteiger charge is 2.50. The van der Waals surface area contributed by atoms with Crippen molar-refractivity contribution in [3.8, 4) is 0 Å². The van der Waals surface area contributed by atoms with Gasteiger partial charge in [0.15, 0.2) is 10.8 Å². The fourth-order valence-electron chi connectivity index (χ4n) is 3.59. The summed E-state index contributed by atoms with van der Waals surface area (Å²) in [6.45, 7) is 9.87. The molecule has 2 aromatic heterocycles. The zero-order valence-electron chi connectivity index (χ0n) is 19.1. The number of carbonyl (C=O) groups is 2. The van der Waals surface area contributed by atoms with Gasteiger partial charge in [0.05, 0.1) is 18.4 Å². The van der Waals surface area contributed by atoms with Gasteiger partial charge in [-0.15, -0.1) is 0 Å². The normalized spacial score (nSPS) is 23.6. The van der Waals surface area contributed by atoms with Crippen molar-refractivity contribution in [1.29, 1.82) is 0 Å². The first-order valence-corrected chi connectivity index (χ1v) is 11.0. The number of aliphatic hydroxyl groups is 2. The fraction of sp³-hybridized carbons (Fsp3) is 0.650. The van der Waals surface area contributed by atoms with E-state index in [4.69, 9.17) is 32.7 Å². The fourth-order valence-corrected chi connectivity index (χ4v) is 4.01. The number of nitrogens with zero attached hydrogens (tertiary/aromatic N) is 5. The second kappa shape index (κ2) is 8.86. The van der Waals surface area contributed by atoms with Crippen molar-refractivity contribution >= 4 is 46.6 Å². The highest BCUT2D eigenvalue weighted by molar-refractivity contribution is 6.35. The number of aromatic nitrogens is 4. The lowest BCUT2D eigenvalue weighted by Crippen LogP contribution is -2.52. The summed E-state index contributed by atoms with van der Waals surface area (Å²) in [5.74, 6) is 0. The smallest absolute Gasteiger partial charge is 0.420 e. The first-order valence-electron chi connectivity index (χ1n) is 10.3. The number of rotatable bonds is 2. The summed E-state index contributed by atoms with van der Waals surface area (Å²) in [6, 6.07) is -1.97. The quantitative estimate of drug-likeness (QED) is 0.466. The minimum atomic E-state index is -1.50. The molecule has 1 aliphatic carbocycles. The van der Waals surface area contributed by atoms with Gasteiger partial charge in [-0.05, 0) is 59.6 Å². The van der Waals surface area contributed by atoms with Crippen LogP contribution in [-0.4, -0.2) is 76.3 Å². The summed E-state index contributed by atoms with van der Waals surface area (Å²) >= 11 is 12.0. The van der Waals surface area contributed by atoms with Gasteiger partial charge in [-0.3, -0.25) is 0 Å². The number of imide groups is 1. The van der Waals surface area contributed by atoms with E-state index in [1.807, 2.05) is 0 Å². The van der Waals surface area contributed by atoms with Crippen LogP contribution in [0.25, 0.3) is 11.2 Å². The zero-order chi connectivity index (χ0) is 24.9. The van der Waals surface area contributed by atoms with E-state index in [0.717, 1.165) is 0 Å². The number of aliphatic hydroxyl groups excluding tert-OH is 2. The zero-order valence-corrected chi connectivity index (χ0v) is 20.6. The number of halogens is 2. The van der Waals surface area contributed by atoms with Gasteiger partial charge in [-0.25, -0.2) is 24.5 Å². The van der Waals surface area contributed by atoms with Crippen LogP contribution >= 0.6 is 23.2 Å². The van der Waals surface area contributed by atoms with Gasteiger partial charge in [0, 0.05) is 0 Å². The van der Waals surface area contributed by atoms with Gasteiger partial charge in [0.25, 0.3) is 0 Å². The Kier molecular flexibility index (Phi) is 6.82. The first kappa shape index (κ1) is 25.4. The highest BCUT2D eigenvalue weighted by atomic mass is 35.5. The number of imidazole rings is 1. The van der Waals surface area contributed by atoms with Crippen LogP contribution in [0.5, 0.6) is 0 Å². The van der Waals surface area contributed by atoms with Crippen LogP contribution in [0.3, 0.4) is 0 Å². The van der Waals surface area contributed by atoms with E-state index >= 15 is 0 Å². The van der Waals surface area contributed by atoms with Crippen molar-refractivity contribution in [2.45, 2.75) is 83.5 Å². The molecule has 33 heavy (non-hydrogen) atoms. The van der Waals surface area contributed by atoms with Gasteiger partial charge in [0.1, 0.15) is 28.9 Å². The number of ether oxygens (including phenoxy) is 2. The highest BCUT2D eigenvalue weighted by Crippen LogP contribution is 2.37. The molecule has 0 spiro atoms. The summed E-state index contributed by atoms with van der Waals surface area (Å²) in [5.41, 5.74) is -1.34. The lowest BCUT2D eigenvalue weighted by Gasteiger charge is -2.33. The molecule has 4 atom stereocenters. The van der Waals surface area contributed by atoms with Crippen molar-refractivity contribution in [1.82, 2.24) is 24.4 Å². The second-order valence-corrected chi connectivity index (χ2v) is 10.5. The lowest BCUT2D eigenvalue weighted by atomic mass is 10.1. The Morgan fingerprint density at radius 1 is 1.03 bits per heavy atom. The monoisotopic (exact) mass is 503 g/mol. The van der Waals surface area contributed by atoms with Gasteiger partial charge >= 0.3 is 12.2 Å². The van der Waals surface area contributed by atoms with Gasteiger partial charge in [-0.2, -0.15) is 4.98 Å². The van der Waals surface area contributed by atoms with Crippen LogP contribution in [0.15, 0.2) is 6.33 Å². The molecular formula is C20H27Cl2N5O6. The van der Waals surface area contributed by atoms with Crippen LogP contribution in [-0.2, 0) is 9.47 Å². The third-order valence-electron chi connectivity index (χ3n) is 4.84. The van der Waals surface area contributed by atoms with E-state index in [2.05, 4.69) is 15.0 Å². The molecule has 2 N–H and O–H groups in total. The summed E-state index contributed by atoms with van der Waals surface area (Å²) in [5, 5.41) is 21.6. The van der Waals surface area contributed by atoms with Gasteiger partial charge < -0.3 is 24.3 Å². The molecule has 3 unspecified atom stereocenters. The van der Waals surface area contributed by atoms with Crippen LogP contribution in [0, 0.1) is 0 Å². The molecule has 0 aromatic carbocycles. The largest absolute Gasteiger partial charge is 0.443 e. The van der Waals surface area contributed by atoms with E-state index in [0.29, 0.717) is 4.90 Å². The van der Waals surface area contributed by atoms with Crippen molar-refractivity contribution < 1.29 is 29.3 Å². The Hall–Kier alpha value is -2.21. The molecule has 1 aliphatic rings. The molecule has 2 amide bonds. The molecule has 1 saturated carbocycles. The van der Waals surface area contributed by atoms with E-state index < -0.39 is 47.7 Å². The Bertz CT molecular complexity index is 1040. The van der Waals surface area contributed by atoms with E-state index in [9.17, 15) is 19.8 Å². The average molecular weight is 504 g/mol. The number of hydrogen-bond acceptors (Lipinski definition) is 9. The number of fused-ring (bicyclic) bond motifs is 1. The van der Waals surface area contributed by atoms with E-state index in [1.54, 1.807) is 41.5 Å². The van der Waals surface area contributed by atoms with Crippen LogP contribution in [0.1, 0.15) is 54.0 Å². The standard InChI is InChI=1S/C20H27Cl2N5O6/c1-19(2,3)32-17(30)27(18(31)33-20(4,5)6)10-7-9(12(28)13(10)29)26-8-23-11-14(21)24-16(22)25-15(11)26/h8-10,12-13,28-29H,7H2,1-6H3/t9?,10?,12-,13?/m1/s1. The minimum absolute atomic E-state index is 0.0254. The number of amides is 2. The maximum absolute atomic E-state index is 13.0. The maximum atomic E-state index is 13.0. The van der Waals surface area contributed by atoms with Crippen LogP contribution < -0.4 is 0 Å². The van der Waals surface area contributed by atoms with Crippen molar-refractivity contribution in [3.05, 3.63) is 16.8 Å². The lowest BCUT2D eigenvalue weighted by molar-refractivity contribution is -0.0349. The van der Waals surface area contributed by atoms with Gasteiger partial charge in [-0.1, -0.05) is 11.6 Å². The Balaban J connectivity index is 1.99. The molecule has 3 rings (SSSR count). The van der Waals surface area contributed by atoms with E-state index in [-0.39, 0.29) is 28.0 Å². The van der Waals surface area contributed by atoms with Crippen LogP contribution in [0.4, 0.5) is 9.59 Å². The Labute approximate surface area is 200 Å². The SMILES string of the molecule is CC(C)(C)OC(=O)N(C(=O)OC(C)(C)C)C1CC(n2cnc3c(Cl)nc(Cl)nc32)[C@@H](O)C1O. The molecule has 1 fully saturated rings. The predicted molar refractivity (Wildman–Crippen MR) is 119 cm³/mol. The number of carbonyl (C=O) groups excluding carboxylic acids is 2. The molecule has 13 heteroatoms. The Morgan fingerprint density at radius 2 is 1.58 bits per heavy atom. The average Bonchev–Trinajstić information content (AvgIpc) is 3.15. The molecular weight excluding hydrogens is 477 g/mol. The number of hydrogen-bond donors (Lipinski definition) is 2. The third kappa shape index (κ3) is 5.48. The molecule has 0 saturated heterocycles. The van der Waals surface area contributed by atoms with Crippen LogP contribution in [0.2, 0.25) is 10.4 Å². The molecule has 0 bridgehead atoms. The summed E-state index contributed by atoms with van der Waals surface area (Å²) in [4.78, 5) is 38.7. The second-order valence-electron chi connectivity index (χ2n) is 9.79. The molecule has 0 aliphatic heterocycles. The first-order chi connectivity index (χ1) is 15.1. The van der Waals surface area contributed by atoms with Crippen molar-refractivity contribution in [2.24, 2.45) is 0 Å².